The third-order valence-electron chi connectivity index (χ3n) is 10.8. The van der Waals surface area contributed by atoms with Crippen LogP contribution in [-0.4, -0.2) is 9.97 Å². The number of allylic oxidation sites excluding steroid dienone is 2. The number of para-hydroxylation sites is 1. The van der Waals surface area contributed by atoms with E-state index >= 15 is 0 Å². The number of hydrogen-bond acceptors (Lipinski definition) is 3. The normalized spacial score (nSPS) is 19.4. The van der Waals surface area contributed by atoms with Gasteiger partial charge in [0.25, 0.3) is 0 Å². The topological polar surface area (TPSA) is 35.0 Å². The van der Waals surface area contributed by atoms with Crippen LogP contribution < -0.4 is 4.74 Å². The lowest BCUT2D eigenvalue weighted by Gasteiger charge is -2.34. The fraction of sp³-hybridized carbons (Fsp3) is 0.130. The Morgan fingerprint density at radius 1 is 0.633 bits per heavy atom. The minimum Gasteiger partial charge on any atom is -0.484 e. The molecule has 234 valence electrons. The second-order valence-electron chi connectivity index (χ2n) is 13.5. The van der Waals surface area contributed by atoms with E-state index in [1.54, 1.807) is 0 Å². The molecule has 0 amide bonds. The zero-order valence-electron chi connectivity index (χ0n) is 27.1. The summed E-state index contributed by atoms with van der Waals surface area (Å²) < 4.78 is 6.99. The average molecular weight is 631 g/mol. The van der Waals surface area contributed by atoms with Crippen molar-refractivity contribution in [3.63, 3.8) is 0 Å². The van der Waals surface area contributed by atoms with Gasteiger partial charge in [-0.3, -0.25) is 0 Å². The van der Waals surface area contributed by atoms with E-state index in [-0.39, 0.29) is 12.0 Å². The number of ether oxygens (including phenoxy) is 1. The van der Waals surface area contributed by atoms with Gasteiger partial charge in [0.1, 0.15) is 11.9 Å². The Morgan fingerprint density at radius 2 is 1.43 bits per heavy atom. The molecule has 0 spiro atoms. The molecule has 3 aliphatic rings. The van der Waals surface area contributed by atoms with Gasteiger partial charge < -0.3 is 4.74 Å². The quantitative estimate of drug-likeness (QED) is 0.194. The zero-order valence-corrected chi connectivity index (χ0v) is 27.1. The molecule has 0 fully saturated rings. The number of rotatable bonds is 4. The molecule has 0 N–H and O–H groups in total. The van der Waals surface area contributed by atoms with Gasteiger partial charge in [0.05, 0.1) is 17.1 Å². The van der Waals surface area contributed by atoms with Gasteiger partial charge in [0.15, 0.2) is 5.82 Å². The van der Waals surface area contributed by atoms with Crippen molar-refractivity contribution >= 4 is 33.3 Å². The summed E-state index contributed by atoms with van der Waals surface area (Å²) in [5, 5.41) is 3.70. The Labute approximate surface area is 286 Å². The first-order valence-corrected chi connectivity index (χ1v) is 17.4. The Morgan fingerprint density at radius 3 is 2.33 bits per heavy atom. The van der Waals surface area contributed by atoms with E-state index in [4.69, 9.17) is 14.7 Å². The van der Waals surface area contributed by atoms with Crippen molar-refractivity contribution in [2.75, 3.05) is 0 Å². The molecular formula is C46H34N2O. The minimum absolute atomic E-state index is 0.0353. The summed E-state index contributed by atoms with van der Waals surface area (Å²) >= 11 is 0. The molecule has 0 saturated carbocycles. The Kier molecular flexibility index (Phi) is 6.58. The van der Waals surface area contributed by atoms with Crippen LogP contribution in [0.15, 0.2) is 151 Å². The van der Waals surface area contributed by atoms with Crippen LogP contribution in [0.4, 0.5) is 0 Å². The summed E-state index contributed by atoms with van der Waals surface area (Å²) in [7, 11) is 0. The van der Waals surface area contributed by atoms with Gasteiger partial charge >= 0.3 is 0 Å². The molecule has 2 aliphatic carbocycles. The summed E-state index contributed by atoms with van der Waals surface area (Å²) in [5.41, 5.74) is 12.1. The molecule has 0 bridgehead atoms. The van der Waals surface area contributed by atoms with Gasteiger partial charge in [0, 0.05) is 27.6 Å². The number of aromatic nitrogens is 2. The van der Waals surface area contributed by atoms with Crippen LogP contribution in [0.2, 0.25) is 0 Å². The van der Waals surface area contributed by atoms with Crippen molar-refractivity contribution in [1.82, 2.24) is 9.97 Å². The van der Waals surface area contributed by atoms with Crippen molar-refractivity contribution in [2.24, 2.45) is 5.92 Å². The van der Waals surface area contributed by atoms with Gasteiger partial charge in [-0.25, -0.2) is 9.97 Å². The maximum atomic E-state index is 6.99. The summed E-state index contributed by atoms with van der Waals surface area (Å²) in [6.07, 6.45) is 8.21. The molecule has 3 nitrogen and oxygen atoms in total. The van der Waals surface area contributed by atoms with Crippen molar-refractivity contribution in [1.29, 1.82) is 0 Å². The molecule has 3 unspecified atom stereocenters. The van der Waals surface area contributed by atoms with Crippen molar-refractivity contribution in [2.45, 2.75) is 31.3 Å². The monoisotopic (exact) mass is 630 g/mol. The molecular weight excluding hydrogens is 597 g/mol. The highest BCUT2D eigenvalue weighted by molar-refractivity contribution is 5.95. The molecule has 0 saturated heterocycles. The Hall–Kier alpha value is -5.80. The van der Waals surface area contributed by atoms with Crippen molar-refractivity contribution in [3.05, 3.63) is 173 Å². The summed E-state index contributed by atoms with van der Waals surface area (Å²) in [4.78, 5) is 10.1. The highest BCUT2D eigenvalue weighted by atomic mass is 16.5. The van der Waals surface area contributed by atoms with Crippen LogP contribution in [0, 0.1) is 5.92 Å². The Balaban J connectivity index is 1.04. The summed E-state index contributed by atoms with van der Waals surface area (Å²) in [5.74, 6) is 2.35. The highest BCUT2D eigenvalue weighted by Crippen LogP contribution is 2.57. The molecule has 1 aromatic heterocycles. The van der Waals surface area contributed by atoms with E-state index in [9.17, 15) is 0 Å². The molecule has 0 radical (unpaired) electrons. The average Bonchev–Trinajstić information content (AvgIpc) is 3.57. The second kappa shape index (κ2) is 11.4. The lowest BCUT2D eigenvalue weighted by molar-refractivity contribution is 0.213. The number of fused-ring (bicyclic) bond motifs is 7. The molecule has 3 atom stereocenters. The fourth-order valence-corrected chi connectivity index (χ4v) is 8.45. The van der Waals surface area contributed by atoms with Crippen LogP contribution >= 0.6 is 0 Å². The van der Waals surface area contributed by atoms with Crippen LogP contribution in [0.1, 0.15) is 53.5 Å². The standard InChI is InChI=1S/C46H34N2O/c1-2-12-32(13-3-1)46-47-41-20-9-8-18-38(41)44(48-46)34-25-26-39-42(28-34)49-45-37-17-7-5-14-33(37)27-40(43(39)45)31-23-21-30(22-24-31)36-19-10-15-29-11-4-6-16-35(29)36/h1-21,25-28,31,43,45H,22-24H2. The number of hydrogen-bond donors (Lipinski definition) is 0. The van der Waals surface area contributed by atoms with E-state index in [0.29, 0.717) is 5.92 Å². The highest BCUT2D eigenvalue weighted by Gasteiger charge is 2.43. The van der Waals surface area contributed by atoms with Crippen LogP contribution in [0.5, 0.6) is 5.75 Å². The van der Waals surface area contributed by atoms with Gasteiger partial charge in [-0.05, 0) is 64.8 Å². The third kappa shape index (κ3) is 4.72. The lowest BCUT2D eigenvalue weighted by Crippen LogP contribution is -2.22. The van der Waals surface area contributed by atoms with Gasteiger partial charge in [-0.1, -0.05) is 145 Å². The SMILES string of the molecule is C1=C(c2cccc3ccccc23)CCC(C2=Cc3ccccc3C3Oc4cc(-c5nc(-c6ccccc6)nc6ccccc56)ccc4C23)C1. The Bertz CT molecular complexity index is 2470. The van der Waals surface area contributed by atoms with E-state index in [1.807, 2.05) is 24.3 Å². The first kappa shape index (κ1) is 28.2. The molecule has 10 rings (SSSR count). The minimum atomic E-state index is -0.0353. The molecule has 7 aromatic rings. The maximum absolute atomic E-state index is 6.99. The first-order valence-electron chi connectivity index (χ1n) is 17.4. The molecule has 3 heteroatoms. The molecule has 6 aromatic carbocycles. The summed E-state index contributed by atoms with van der Waals surface area (Å²) in [6, 6.07) is 49.6. The molecule has 1 aliphatic heterocycles. The van der Waals surface area contributed by atoms with Gasteiger partial charge in [0.2, 0.25) is 0 Å². The van der Waals surface area contributed by atoms with Crippen LogP contribution in [0.25, 0.3) is 56.0 Å². The van der Waals surface area contributed by atoms with Gasteiger partial charge in [-0.2, -0.15) is 0 Å². The lowest BCUT2D eigenvalue weighted by atomic mass is 9.70. The number of nitrogens with zero attached hydrogens (tertiary/aromatic N) is 2. The molecule has 2 heterocycles. The fourth-order valence-electron chi connectivity index (χ4n) is 8.45. The number of benzene rings is 6. The largest absolute Gasteiger partial charge is 0.484 e. The predicted molar refractivity (Wildman–Crippen MR) is 200 cm³/mol. The van der Waals surface area contributed by atoms with E-state index in [1.165, 1.54) is 44.2 Å². The van der Waals surface area contributed by atoms with Gasteiger partial charge in [-0.15, -0.1) is 0 Å². The molecule has 49 heavy (non-hydrogen) atoms. The van der Waals surface area contributed by atoms with E-state index in [2.05, 4.69) is 127 Å². The summed E-state index contributed by atoms with van der Waals surface area (Å²) in [6.45, 7) is 0. The van der Waals surface area contributed by atoms with Crippen molar-refractivity contribution < 1.29 is 4.74 Å². The van der Waals surface area contributed by atoms with Crippen LogP contribution in [0.3, 0.4) is 0 Å². The predicted octanol–water partition coefficient (Wildman–Crippen LogP) is 11.6. The smallest absolute Gasteiger partial charge is 0.160 e. The van der Waals surface area contributed by atoms with E-state index in [0.717, 1.165) is 58.6 Å². The van der Waals surface area contributed by atoms with Crippen molar-refractivity contribution in [3.8, 4) is 28.4 Å². The zero-order chi connectivity index (χ0) is 32.3. The third-order valence-corrected chi connectivity index (χ3v) is 10.8. The van der Waals surface area contributed by atoms with Crippen LogP contribution in [-0.2, 0) is 0 Å². The maximum Gasteiger partial charge on any atom is 0.160 e. The second-order valence-corrected chi connectivity index (χ2v) is 13.5. The van der Waals surface area contributed by atoms with E-state index < -0.39 is 0 Å². The first-order chi connectivity index (χ1) is 24.3.